The summed E-state index contributed by atoms with van der Waals surface area (Å²) in [5.41, 5.74) is 2.23. The Morgan fingerprint density at radius 1 is 1.44 bits per heavy atom. The van der Waals surface area contributed by atoms with Crippen molar-refractivity contribution in [3.05, 3.63) is 29.6 Å². The summed E-state index contributed by atoms with van der Waals surface area (Å²) in [4.78, 5) is 19.6. The molecule has 2 rings (SSSR count). The van der Waals surface area contributed by atoms with Crippen LogP contribution in [-0.4, -0.2) is 15.8 Å². The van der Waals surface area contributed by atoms with E-state index in [1.54, 1.807) is 18.2 Å². The van der Waals surface area contributed by atoms with Crippen molar-refractivity contribution < 1.29 is 4.79 Å². The molecule has 1 atom stereocenters. The third kappa shape index (κ3) is 2.12. The number of rotatable bonds is 3. The van der Waals surface area contributed by atoms with Gasteiger partial charge in [0.15, 0.2) is 5.78 Å². The average molecular weight is 241 g/mol. The minimum Gasteiger partial charge on any atom is -0.342 e. The molecule has 0 saturated heterocycles. The lowest BCUT2D eigenvalue weighted by molar-refractivity contribution is 0.0924. The molecule has 1 aromatic carbocycles. The maximum absolute atomic E-state index is 12.2. The quantitative estimate of drug-likeness (QED) is 0.840. The van der Waals surface area contributed by atoms with E-state index in [0.717, 1.165) is 16.9 Å². The fraction of sp³-hybridized carbons (Fsp3) is 0.357. The summed E-state index contributed by atoms with van der Waals surface area (Å²) in [6.45, 7) is 5.63. The molecular formula is C14H15N3O. The van der Waals surface area contributed by atoms with Crippen molar-refractivity contribution >= 4 is 16.8 Å². The molecule has 0 spiro atoms. The van der Waals surface area contributed by atoms with E-state index in [4.69, 9.17) is 5.26 Å². The first kappa shape index (κ1) is 12.3. The Morgan fingerprint density at radius 3 is 2.78 bits per heavy atom. The number of Topliss-reactive ketones (excluding diaryl/α,β-unsaturated/α-hetero) is 1. The normalized spacial score (nSPS) is 12.6. The molecule has 0 amide bonds. The van der Waals surface area contributed by atoms with Crippen LogP contribution in [0.5, 0.6) is 0 Å². The molecule has 1 aromatic heterocycles. The Balaban J connectivity index is 2.42. The monoisotopic (exact) mass is 241 g/mol. The fourth-order valence-electron chi connectivity index (χ4n) is 1.98. The lowest BCUT2D eigenvalue weighted by Crippen LogP contribution is -2.18. The number of hydrogen-bond acceptors (Lipinski definition) is 3. The van der Waals surface area contributed by atoms with Crippen LogP contribution in [0.4, 0.5) is 0 Å². The molecule has 1 heterocycles. The van der Waals surface area contributed by atoms with Gasteiger partial charge in [-0.05, 0) is 31.0 Å². The van der Waals surface area contributed by atoms with Gasteiger partial charge in [0, 0.05) is 5.56 Å². The predicted molar refractivity (Wildman–Crippen MR) is 69.1 cm³/mol. The van der Waals surface area contributed by atoms with Crippen molar-refractivity contribution in [2.75, 3.05) is 0 Å². The van der Waals surface area contributed by atoms with Crippen LogP contribution in [0.15, 0.2) is 18.2 Å². The van der Waals surface area contributed by atoms with Gasteiger partial charge in [0.1, 0.15) is 11.7 Å². The molecule has 0 radical (unpaired) electrons. The molecule has 1 N–H and O–H groups in total. The summed E-state index contributed by atoms with van der Waals surface area (Å²) in [5.74, 6) is 0.116. The first-order chi connectivity index (χ1) is 8.52. The number of nitriles is 1. The van der Waals surface area contributed by atoms with E-state index >= 15 is 0 Å². The Morgan fingerprint density at radius 2 is 2.17 bits per heavy atom. The molecule has 1 unspecified atom stereocenters. The van der Waals surface area contributed by atoms with E-state index in [0.29, 0.717) is 5.56 Å². The second-order valence-electron chi connectivity index (χ2n) is 4.77. The van der Waals surface area contributed by atoms with E-state index in [-0.39, 0.29) is 11.7 Å². The van der Waals surface area contributed by atoms with Gasteiger partial charge in [0.05, 0.1) is 17.1 Å². The SMILES string of the molecule is Cc1nc2ccc(C(=O)C(C#N)C(C)C)cc2[nH]1. The molecule has 0 bridgehead atoms. The van der Waals surface area contributed by atoms with E-state index in [9.17, 15) is 4.79 Å². The third-order valence-electron chi connectivity index (χ3n) is 2.97. The van der Waals surface area contributed by atoms with E-state index in [1.807, 2.05) is 20.8 Å². The molecule has 0 fully saturated rings. The highest BCUT2D eigenvalue weighted by molar-refractivity contribution is 6.01. The Labute approximate surface area is 106 Å². The number of imidazole rings is 1. The zero-order valence-corrected chi connectivity index (χ0v) is 10.7. The van der Waals surface area contributed by atoms with Crippen LogP contribution in [0.3, 0.4) is 0 Å². The number of aromatic amines is 1. The second-order valence-corrected chi connectivity index (χ2v) is 4.77. The van der Waals surface area contributed by atoms with Crippen molar-refractivity contribution in [2.45, 2.75) is 20.8 Å². The first-order valence-corrected chi connectivity index (χ1v) is 5.93. The Hall–Kier alpha value is -2.15. The number of carbonyl (C=O) groups is 1. The number of nitrogens with one attached hydrogen (secondary N) is 1. The average Bonchev–Trinajstić information content (AvgIpc) is 2.68. The van der Waals surface area contributed by atoms with Crippen LogP contribution in [-0.2, 0) is 0 Å². The van der Waals surface area contributed by atoms with E-state index in [2.05, 4.69) is 16.0 Å². The Bertz CT molecular complexity index is 634. The Kier molecular flexibility index (Phi) is 3.15. The van der Waals surface area contributed by atoms with E-state index < -0.39 is 5.92 Å². The van der Waals surface area contributed by atoms with Crippen molar-refractivity contribution in [3.8, 4) is 6.07 Å². The van der Waals surface area contributed by atoms with Gasteiger partial charge in [0.2, 0.25) is 0 Å². The van der Waals surface area contributed by atoms with Crippen molar-refractivity contribution in [1.82, 2.24) is 9.97 Å². The lowest BCUT2D eigenvalue weighted by Gasteiger charge is -2.11. The minimum absolute atomic E-state index is 0.0155. The summed E-state index contributed by atoms with van der Waals surface area (Å²) >= 11 is 0. The summed E-state index contributed by atoms with van der Waals surface area (Å²) in [6, 6.07) is 7.39. The molecular weight excluding hydrogens is 226 g/mol. The number of ketones is 1. The number of aromatic nitrogens is 2. The van der Waals surface area contributed by atoms with Gasteiger partial charge in [-0.2, -0.15) is 5.26 Å². The highest BCUT2D eigenvalue weighted by Crippen LogP contribution is 2.20. The molecule has 4 nitrogen and oxygen atoms in total. The van der Waals surface area contributed by atoms with Crippen LogP contribution >= 0.6 is 0 Å². The van der Waals surface area contributed by atoms with Gasteiger partial charge in [-0.1, -0.05) is 13.8 Å². The van der Waals surface area contributed by atoms with Crippen molar-refractivity contribution in [3.63, 3.8) is 0 Å². The van der Waals surface area contributed by atoms with Crippen LogP contribution in [0.2, 0.25) is 0 Å². The molecule has 0 saturated carbocycles. The van der Waals surface area contributed by atoms with Gasteiger partial charge >= 0.3 is 0 Å². The largest absolute Gasteiger partial charge is 0.342 e. The van der Waals surface area contributed by atoms with Crippen molar-refractivity contribution in [1.29, 1.82) is 5.26 Å². The number of hydrogen-bond donors (Lipinski definition) is 1. The van der Waals surface area contributed by atoms with Crippen LogP contribution < -0.4 is 0 Å². The number of nitrogens with zero attached hydrogens (tertiary/aromatic N) is 2. The standard InChI is InChI=1S/C14H15N3O/c1-8(2)11(7-15)14(18)10-4-5-12-13(6-10)17-9(3)16-12/h4-6,8,11H,1-3H3,(H,16,17). The number of carbonyl (C=O) groups excluding carboxylic acids is 1. The summed E-state index contributed by atoms with van der Waals surface area (Å²) in [6.07, 6.45) is 0. The summed E-state index contributed by atoms with van der Waals surface area (Å²) in [5, 5.41) is 9.05. The van der Waals surface area contributed by atoms with Crippen molar-refractivity contribution in [2.24, 2.45) is 11.8 Å². The smallest absolute Gasteiger partial charge is 0.180 e. The molecule has 0 aliphatic heterocycles. The highest BCUT2D eigenvalue weighted by Gasteiger charge is 2.23. The predicted octanol–water partition coefficient (Wildman–Crippen LogP) is 2.85. The molecule has 0 aliphatic carbocycles. The second kappa shape index (κ2) is 4.61. The number of fused-ring (bicyclic) bond motifs is 1. The van der Waals surface area contributed by atoms with Crippen LogP contribution in [0.1, 0.15) is 30.0 Å². The minimum atomic E-state index is -0.591. The van der Waals surface area contributed by atoms with Gasteiger partial charge < -0.3 is 4.98 Å². The molecule has 4 heteroatoms. The molecule has 92 valence electrons. The summed E-state index contributed by atoms with van der Waals surface area (Å²) < 4.78 is 0. The fourth-order valence-corrected chi connectivity index (χ4v) is 1.98. The maximum atomic E-state index is 12.2. The van der Waals surface area contributed by atoms with E-state index in [1.165, 1.54) is 0 Å². The zero-order valence-electron chi connectivity index (χ0n) is 10.7. The summed E-state index contributed by atoms with van der Waals surface area (Å²) in [7, 11) is 0. The number of benzene rings is 1. The topological polar surface area (TPSA) is 69.5 Å². The zero-order chi connectivity index (χ0) is 13.3. The lowest BCUT2D eigenvalue weighted by atomic mass is 9.89. The molecule has 2 aromatic rings. The number of H-pyrrole nitrogens is 1. The highest BCUT2D eigenvalue weighted by atomic mass is 16.1. The van der Waals surface area contributed by atoms with Gasteiger partial charge in [-0.15, -0.1) is 0 Å². The number of aryl methyl sites for hydroxylation is 1. The van der Waals surface area contributed by atoms with Gasteiger partial charge in [-0.25, -0.2) is 4.98 Å². The van der Waals surface area contributed by atoms with Crippen LogP contribution in [0.25, 0.3) is 11.0 Å². The maximum Gasteiger partial charge on any atom is 0.180 e. The van der Waals surface area contributed by atoms with Crippen LogP contribution in [0, 0.1) is 30.1 Å². The molecule has 0 aliphatic rings. The third-order valence-corrected chi connectivity index (χ3v) is 2.97. The van der Waals surface area contributed by atoms with Gasteiger partial charge in [-0.3, -0.25) is 4.79 Å². The first-order valence-electron chi connectivity index (χ1n) is 5.93. The molecule has 18 heavy (non-hydrogen) atoms. The van der Waals surface area contributed by atoms with Gasteiger partial charge in [0.25, 0.3) is 0 Å².